The van der Waals surface area contributed by atoms with Crippen LogP contribution in [-0.4, -0.2) is 74.6 Å². The van der Waals surface area contributed by atoms with E-state index in [2.05, 4.69) is 10.3 Å². The van der Waals surface area contributed by atoms with Gasteiger partial charge in [0.1, 0.15) is 17.7 Å². The van der Waals surface area contributed by atoms with Gasteiger partial charge in [-0.3, -0.25) is 13.9 Å². The topological polar surface area (TPSA) is 133 Å². The van der Waals surface area contributed by atoms with Crippen LogP contribution in [0, 0.1) is 11.7 Å². The second kappa shape index (κ2) is 12.5. The lowest BCUT2D eigenvalue weighted by Crippen LogP contribution is -2.47. The van der Waals surface area contributed by atoms with Crippen LogP contribution in [-0.2, 0) is 30.4 Å². The summed E-state index contributed by atoms with van der Waals surface area (Å²) in [7, 11) is -2.09. The lowest BCUT2D eigenvalue weighted by molar-refractivity contribution is -0.125. The summed E-state index contributed by atoms with van der Waals surface area (Å²) in [6.07, 6.45) is 3.96. The fourth-order valence-corrected chi connectivity index (χ4v) is 4.99. The molecule has 13 heteroatoms. The molecule has 1 N–H and O–H groups in total. The Labute approximate surface area is 223 Å². The minimum Gasteiger partial charge on any atom is -0.481 e. The minimum absolute atomic E-state index is 0.0453. The van der Waals surface area contributed by atoms with Crippen molar-refractivity contribution in [3.63, 3.8) is 0 Å². The predicted octanol–water partition coefficient (Wildman–Crippen LogP) is 3.16. The standard InChI is InChI=1S/C25H38FN3O8S/c1-25(2,3)37-24(31)29-12-6-7-20(29)21(30)27-14-17-13-19(26)23(28-22(17)34-4)36-18-10-8-16(9-11-18)15-35-38(5,32)33/h13,16,18,20H,6-12,14-15H2,1-5H3,(H,27,30)/t16?,18?,20-/m0/s1. The van der Waals surface area contributed by atoms with Crippen LogP contribution >= 0.6 is 0 Å². The molecule has 2 aliphatic rings. The zero-order valence-electron chi connectivity index (χ0n) is 22.6. The summed E-state index contributed by atoms with van der Waals surface area (Å²) in [6.45, 7) is 5.79. The fourth-order valence-electron chi connectivity index (χ4n) is 4.55. The van der Waals surface area contributed by atoms with Gasteiger partial charge in [0.15, 0.2) is 5.82 Å². The summed E-state index contributed by atoms with van der Waals surface area (Å²) in [4.78, 5) is 30.9. The van der Waals surface area contributed by atoms with Gasteiger partial charge in [-0.1, -0.05) is 0 Å². The third-order valence-electron chi connectivity index (χ3n) is 6.40. The number of hydrogen-bond acceptors (Lipinski definition) is 9. The molecule has 1 saturated carbocycles. The van der Waals surface area contributed by atoms with E-state index in [1.54, 1.807) is 20.8 Å². The van der Waals surface area contributed by atoms with Gasteiger partial charge in [-0.05, 0) is 71.3 Å². The summed E-state index contributed by atoms with van der Waals surface area (Å²) < 4.78 is 58.7. The van der Waals surface area contributed by atoms with Crippen molar-refractivity contribution >= 4 is 22.1 Å². The lowest BCUT2D eigenvalue weighted by Gasteiger charge is -2.28. The average molecular weight is 560 g/mol. The number of nitrogens with one attached hydrogen (secondary N) is 1. The molecule has 3 rings (SSSR count). The first-order chi connectivity index (χ1) is 17.8. The smallest absolute Gasteiger partial charge is 0.410 e. The van der Waals surface area contributed by atoms with Crippen molar-refractivity contribution < 1.29 is 40.8 Å². The molecule has 2 fully saturated rings. The van der Waals surface area contributed by atoms with Crippen LogP contribution in [0.3, 0.4) is 0 Å². The van der Waals surface area contributed by atoms with Crippen molar-refractivity contribution in [1.82, 2.24) is 15.2 Å². The Morgan fingerprint density at radius 2 is 1.84 bits per heavy atom. The maximum Gasteiger partial charge on any atom is 0.410 e. The molecular weight excluding hydrogens is 521 g/mol. The van der Waals surface area contributed by atoms with Crippen LogP contribution < -0.4 is 14.8 Å². The number of rotatable bonds is 9. The zero-order valence-corrected chi connectivity index (χ0v) is 23.4. The van der Waals surface area contributed by atoms with E-state index in [0.717, 1.165) is 6.26 Å². The molecule has 0 radical (unpaired) electrons. The third-order valence-corrected chi connectivity index (χ3v) is 6.97. The van der Waals surface area contributed by atoms with Gasteiger partial charge in [0.25, 0.3) is 16.0 Å². The molecule has 0 aromatic carbocycles. The first-order valence-electron chi connectivity index (χ1n) is 12.8. The summed E-state index contributed by atoms with van der Waals surface area (Å²) in [5, 5.41) is 2.75. The van der Waals surface area contributed by atoms with E-state index in [4.69, 9.17) is 18.4 Å². The number of methoxy groups -OCH3 is 1. The lowest BCUT2D eigenvalue weighted by atomic mass is 9.88. The van der Waals surface area contributed by atoms with Gasteiger partial charge < -0.3 is 19.5 Å². The van der Waals surface area contributed by atoms with Gasteiger partial charge >= 0.3 is 6.09 Å². The summed E-state index contributed by atoms with van der Waals surface area (Å²) in [5.41, 5.74) is -0.346. The van der Waals surface area contributed by atoms with Crippen LogP contribution in [0.15, 0.2) is 6.07 Å². The molecule has 2 heterocycles. The van der Waals surface area contributed by atoms with Crippen LogP contribution in [0.4, 0.5) is 9.18 Å². The molecule has 0 spiro atoms. The number of hydrogen-bond donors (Lipinski definition) is 1. The Bertz CT molecular complexity index is 1100. The molecular formula is C25H38FN3O8S. The number of carbonyl (C=O) groups excluding carboxylic acids is 2. The van der Waals surface area contributed by atoms with Crippen LogP contribution in [0.2, 0.25) is 0 Å². The van der Waals surface area contributed by atoms with Crippen molar-refractivity contribution in [2.24, 2.45) is 5.92 Å². The molecule has 0 bridgehead atoms. The van der Waals surface area contributed by atoms with Crippen molar-refractivity contribution in [3.8, 4) is 11.8 Å². The second-order valence-electron chi connectivity index (χ2n) is 10.7. The number of aromatic nitrogens is 1. The largest absolute Gasteiger partial charge is 0.481 e. The first kappa shape index (κ1) is 29.9. The first-order valence-corrected chi connectivity index (χ1v) is 14.6. The molecule has 38 heavy (non-hydrogen) atoms. The highest BCUT2D eigenvalue weighted by molar-refractivity contribution is 7.85. The van der Waals surface area contributed by atoms with Gasteiger partial charge in [-0.25, -0.2) is 9.18 Å². The zero-order chi connectivity index (χ0) is 28.1. The Kier molecular flexibility index (Phi) is 9.80. The van der Waals surface area contributed by atoms with E-state index in [9.17, 15) is 22.4 Å². The quantitative estimate of drug-likeness (QED) is 0.453. The second-order valence-corrected chi connectivity index (χ2v) is 12.4. The highest BCUT2D eigenvalue weighted by Gasteiger charge is 2.36. The summed E-state index contributed by atoms with van der Waals surface area (Å²) in [5.74, 6) is -1.04. The summed E-state index contributed by atoms with van der Waals surface area (Å²) in [6, 6.07) is 0.544. The van der Waals surface area contributed by atoms with E-state index in [-0.39, 0.29) is 42.8 Å². The van der Waals surface area contributed by atoms with E-state index in [0.29, 0.717) is 50.6 Å². The van der Waals surface area contributed by atoms with E-state index < -0.39 is 33.7 Å². The number of amides is 2. The molecule has 1 atom stereocenters. The van der Waals surface area contributed by atoms with Gasteiger partial charge in [0.2, 0.25) is 11.8 Å². The maximum absolute atomic E-state index is 14.9. The minimum atomic E-state index is -3.49. The number of pyridine rings is 1. The number of likely N-dealkylation sites (tertiary alicyclic amines) is 1. The average Bonchev–Trinajstić information content (AvgIpc) is 3.32. The third kappa shape index (κ3) is 8.69. The van der Waals surface area contributed by atoms with Crippen molar-refractivity contribution in [2.75, 3.05) is 26.5 Å². The molecule has 0 unspecified atom stereocenters. The number of halogens is 1. The molecule has 1 aliphatic heterocycles. The fraction of sp³-hybridized carbons (Fsp3) is 0.720. The Morgan fingerprint density at radius 3 is 2.45 bits per heavy atom. The van der Waals surface area contributed by atoms with Gasteiger partial charge in [0.05, 0.1) is 20.0 Å². The van der Waals surface area contributed by atoms with Gasteiger partial charge in [0, 0.05) is 18.7 Å². The Balaban J connectivity index is 1.56. The molecule has 1 aromatic heterocycles. The highest BCUT2D eigenvalue weighted by Crippen LogP contribution is 2.31. The molecule has 11 nitrogen and oxygen atoms in total. The normalized spacial score (nSPS) is 22.2. The number of carbonyl (C=O) groups is 2. The van der Waals surface area contributed by atoms with E-state index in [1.807, 2.05) is 0 Å². The van der Waals surface area contributed by atoms with Crippen LogP contribution in [0.5, 0.6) is 11.8 Å². The van der Waals surface area contributed by atoms with Crippen molar-refractivity contribution in [3.05, 3.63) is 17.4 Å². The van der Waals surface area contributed by atoms with Gasteiger partial charge in [-0.15, -0.1) is 0 Å². The molecule has 1 saturated heterocycles. The summed E-state index contributed by atoms with van der Waals surface area (Å²) >= 11 is 0. The van der Waals surface area contributed by atoms with E-state index >= 15 is 0 Å². The van der Waals surface area contributed by atoms with Crippen LogP contribution in [0.1, 0.15) is 64.9 Å². The maximum atomic E-state index is 14.9. The monoisotopic (exact) mass is 559 g/mol. The number of ether oxygens (including phenoxy) is 3. The molecule has 214 valence electrons. The molecule has 2 amide bonds. The van der Waals surface area contributed by atoms with E-state index in [1.165, 1.54) is 18.1 Å². The van der Waals surface area contributed by atoms with Crippen molar-refractivity contribution in [1.29, 1.82) is 0 Å². The highest BCUT2D eigenvalue weighted by atomic mass is 32.2. The van der Waals surface area contributed by atoms with Gasteiger partial charge in [-0.2, -0.15) is 13.4 Å². The Hall–Kier alpha value is -2.67. The van der Waals surface area contributed by atoms with Crippen LogP contribution in [0.25, 0.3) is 0 Å². The van der Waals surface area contributed by atoms with Crippen molar-refractivity contribution in [2.45, 2.75) is 83.6 Å². The molecule has 1 aliphatic carbocycles. The predicted molar refractivity (Wildman–Crippen MR) is 136 cm³/mol. The Morgan fingerprint density at radius 1 is 1.16 bits per heavy atom. The SMILES string of the molecule is COc1nc(OC2CCC(COS(C)(=O)=O)CC2)c(F)cc1CNC(=O)[C@@H]1CCCN1C(=O)OC(C)(C)C. The number of nitrogens with zero attached hydrogens (tertiary/aromatic N) is 2. The molecule has 1 aromatic rings.